The second-order valence-corrected chi connectivity index (χ2v) is 5.94. The zero-order chi connectivity index (χ0) is 10.9. The van der Waals surface area contributed by atoms with E-state index < -0.39 is 0 Å². The Balaban J connectivity index is 2.11. The van der Waals surface area contributed by atoms with Gasteiger partial charge in [-0.25, -0.2) is 4.39 Å². The molecule has 3 heteroatoms. The average molecular weight is 225 g/mol. The van der Waals surface area contributed by atoms with E-state index in [0.717, 1.165) is 23.7 Å². The van der Waals surface area contributed by atoms with Crippen molar-refractivity contribution in [2.75, 3.05) is 6.54 Å². The fourth-order valence-corrected chi connectivity index (χ4v) is 3.86. The highest BCUT2D eigenvalue weighted by Gasteiger charge is 2.42. The molecule has 0 saturated heterocycles. The predicted molar refractivity (Wildman–Crippen MR) is 62.4 cm³/mol. The van der Waals surface area contributed by atoms with E-state index in [1.165, 1.54) is 6.07 Å². The Labute approximate surface area is 94.2 Å². The highest BCUT2D eigenvalue weighted by Crippen LogP contribution is 2.50. The minimum Gasteiger partial charge on any atom is -0.329 e. The van der Waals surface area contributed by atoms with Crippen molar-refractivity contribution < 1.29 is 4.39 Å². The van der Waals surface area contributed by atoms with E-state index >= 15 is 0 Å². The first-order valence-electron chi connectivity index (χ1n) is 5.29. The van der Waals surface area contributed by atoms with Gasteiger partial charge in [-0.1, -0.05) is 19.1 Å². The summed E-state index contributed by atoms with van der Waals surface area (Å²) < 4.78 is 13.5. The van der Waals surface area contributed by atoms with Crippen LogP contribution in [0.3, 0.4) is 0 Å². The first-order chi connectivity index (χ1) is 7.15. The lowest BCUT2D eigenvalue weighted by atomic mass is 9.75. The Kier molecular flexibility index (Phi) is 3.03. The normalized spacial score (nSPS) is 29.9. The van der Waals surface area contributed by atoms with Gasteiger partial charge in [0.25, 0.3) is 0 Å². The number of hydrogen-bond donors (Lipinski definition) is 1. The molecule has 0 spiro atoms. The molecule has 0 aliphatic heterocycles. The van der Waals surface area contributed by atoms with Gasteiger partial charge in [0, 0.05) is 16.2 Å². The SMILES string of the molecule is CC1CC(CN)(Sc2ccccc2F)C1. The molecule has 1 aromatic carbocycles. The van der Waals surface area contributed by atoms with Crippen LogP contribution in [0.2, 0.25) is 0 Å². The number of nitrogens with two attached hydrogens (primary N) is 1. The Morgan fingerprint density at radius 1 is 1.47 bits per heavy atom. The number of benzene rings is 1. The van der Waals surface area contributed by atoms with E-state index in [1.807, 2.05) is 12.1 Å². The molecule has 2 N–H and O–H groups in total. The fourth-order valence-electron chi connectivity index (χ4n) is 2.26. The molecule has 0 amide bonds. The summed E-state index contributed by atoms with van der Waals surface area (Å²) in [5, 5.41) is 0. The summed E-state index contributed by atoms with van der Waals surface area (Å²) in [5.41, 5.74) is 5.79. The summed E-state index contributed by atoms with van der Waals surface area (Å²) in [6.45, 7) is 2.85. The Morgan fingerprint density at radius 2 is 2.13 bits per heavy atom. The van der Waals surface area contributed by atoms with Crippen LogP contribution in [0.25, 0.3) is 0 Å². The topological polar surface area (TPSA) is 26.0 Å². The molecule has 1 saturated carbocycles. The van der Waals surface area contributed by atoms with Crippen LogP contribution in [0.15, 0.2) is 29.2 Å². The summed E-state index contributed by atoms with van der Waals surface area (Å²) in [7, 11) is 0. The van der Waals surface area contributed by atoms with Crippen molar-refractivity contribution in [2.45, 2.75) is 29.4 Å². The lowest BCUT2D eigenvalue weighted by Gasteiger charge is -2.45. The van der Waals surface area contributed by atoms with Crippen molar-refractivity contribution in [3.63, 3.8) is 0 Å². The largest absolute Gasteiger partial charge is 0.329 e. The van der Waals surface area contributed by atoms with Gasteiger partial charge < -0.3 is 5.73 Å². The van der Waals surface area contributed by atoms with Crippen LogP contribution in [0.1, 0.15) is 19.8 Å². The lowest BCUT2D eigenvalue weighted by Crippen LogP contribution is -2.45. The monoisotopic (exact) mass is 225 g/mol. The number of halogens is 1. The summed E-state index contributed by atoms with van der Waals surface area (Å²) in [5.74, 6) is 0.600. The maximum atomic E-state index is 13.5. The number of rotatable bonds is 3. The van der Waals surface area contributed by atoms with Gasteiger partial charge in [0.1, 0.15) is 5.82 Å². The van der Waals surface area contributed by atoms with E-state index in [2.05, 4.69) is 6.92 Å². The van der Waals surface area contributed by atoms with Gasteiger partial charge in [0.15, 0.2) is 0 Å². The number of hydrogen-bond acceptors (Lipinski definition) is 2. The van der Waals surface area contributed by atoms with Crippen molar-refractivity contribution in [1.29, 1.82) is 0 Å². The summed E-state index contributed by atoms with van der Waals surface area (Å²) in [6, 6.07) is 6.94. The van der Waals surface area contributed by atoms with Gasteiger partial charge >= 0.3 is 0 Å². The third-order valence-corrected chi connectivity index (χ3v) is 4.46. The van der Waals surface area contributed by atoms with Crippen LogP contribution in [0.4, 0.5) is 4.39 Å². The Bertz CT molecular complexity index is 347. The molecule has 1 aliphatic rings. The van der Waals surface area contributed by atoms with Crippen molar-refractivity contribution in [3.8, 4) is 0 Å². The van der Waals surface area contributed by atoms with Crippen LogP contribution < -0.4 is 5.73 Å². The molecule has 2 rings (SSSR count). The summed E-state index contributed by atoms with van der Waals surface area (Å²) in [6.07, 6.45) is 2.20. The average Bonchev–Trinajstić information content (AvgIpc) is 2.18. The molecule has 1 aliphatic carbocycles. The highest BCUT2D eigenvalue weighted by molar-refractivity contribution is 8.00. The second-order valence-electron chi connectivity index (χ2n) is 4.43. The molecule has 1 fully saturated rings. The molecule has 1 aromatic rings. The third-order valence-electron chi connectivity index (χ3n) is 2.98. The maximum Gasteiger partial charge on any atom is 0.136 e. The first kappa shape index (κ1) is 11.0. The Hall–Kier alpha value is -0.540. The van der Waals surface area contributed by atoms with Crippen molar-refractivity contribution in [3.05, 3.63) is 30.1 Å². The van der Waals surface area contributed by atoms with Crippen molar-refractivity contribution >= 4 is 11.8 Å². The smallest absolute Gasteiger partial charge is 0.136 e. The third kappa shape index (κ3) is 2.18. The van der Waals surface area contributed by atoms with E-state index in [1.54, 1.807) is 17.8 Å². The molecular weight excluding hydrogens is 209 g/mol. The molecule has 1 nitrogen and oxygen atoms in total. The molecule has 0 bridgehead atoms. The molecule has 0 unspecified atom stereocenters. The van der Waals surface area contributed by atoms with E-state index in [0.29, 0.717) is 6.54 Å². The van der Waals surface area contributed by atoms with Crippen molar-refractivity contribution in [2.24, 2.45) is 11.7 Å². The maximum absolute atomic E-state index is 13.5. The van der Waals surface area contributed by atoms with Crippen LogP contribution in [-0.4, -0.2) is 11.3 Å². The molecule has 0 radical (unpaired) electrons. The standard InChI is InChI=1S/C12H16FNS/c1-9-6-12(7-9,8-14)15-11-5-3-2-4-10(11)13/h2-5,9H,6-8,14H2,1H3. The minimum atomic E-state index is -0.130. The quantitative estimate of drug-likeness (QED) is 0.855. The Morgan fingerprint density at radius 3 is 2.67 bits per heavy atom. The fraction of sp³-hybridized carbons (Fsp3) is 0.500. The first-order valence-corrected chi connectivity index (χ1v) is 6.10. The van der Waals surface area contributed by atoms with Crippen LogP contribution in [0.5, 0.6) is 0 Å². The molecule has 15 heavy (non-hydrogen) atoms. The van der Waals surface area contributed by atoms with E-state index in [4.69, 9.17) is 5.73 Å². The zero-order valence-corrected chi connectivity index (χ0v) is 9.69. The highest BCUT2D eigenvalue weighted by atomic mass is 32.2. The number of thioether (sulfide) groups is 1. The molecule has 82 valence electrons. The molecule has 0 heterocycles. The van der Waals surface area contributed by atoms with E-state index in [9.17, 15) is 4.39 Å². The van der Waals surface area contributed by atoms with Gasteiger partial charge in [0.2, 0.25) is 0 Å². The second kappa shape index (κ2) is 4.14. The van der Waals surface area contributed by atoms with Gasteiger partial charge in [-0.05, 0) is 30.9 Å². The van der Waals surface area contributed by atoms with Gasteiger partial charge in [-0.3, -0.25) is 0 Å². The summed E-state index contributed by atoms with van der Waals surface area (Å²) >= 11 is 1.61. The van der Waals surface area contributed by atoms with Crippen LogP contribution in [0, 0.1) is 11.7 Å². The van der Waals surface area contributed by atoms with Crippen LogP contribution >= 0.6 is 11.8 Å². The predicted octanol–water partition coefficient (Wildman–Crippen LogP) is 3.05. The lowest BCUT2D eigenvalue weighted by molar-refractivity contribution is 0.256. The minimum absolute atomic E-state index is 0.0849. The van der Waals surface area contributed by atoms with Gasteiger partial charge in [-0.15, -0.1) is 11.8 Å². The summed E-state index contributed by atoms with van der Waals surface area (Å²) in [4.78, 5) is 0.731. The van der Waals surface area contributed by atoms with Crippen molar-refractivity contribution in [1.82, 2.24) is 0 Å². The van der Waals surface area contributed by atoms with E-state index in [-0.39, 0.29) is 10.6 Å². The zero-order valence-electron chi connectivity index (χ0n) is 8.87. The van der Waals surface area contributed by atoms with Gasteiger partial charge in [0.05, 0.1) is 0 Å². The van der Waals surface area contributed by atoms with Crippen LogP contribution in [-0.2, 0) is 0 Å². The molecule has 0 aromatic heterocycles. The molecular formula is C12H16FNS. The molecule has 0 atom stereocenters. The van der Waals surface area contributed by atoms with Gasteiger partial charge in [-0.2, -0.15) is 0 Å².